The van der Waals surface area contributed by atoms with Gasteiger partial charge < -0.3 is 10.1 Å². The number of amides is 1. The maximum Gasteiger partial charge on any atom is 0.262 e. The summed E-state index contributed by atoms with van der Waals surface area (Å²) in [7, 11) is 0. The van der Waals surface area contributed by atoms with Gasteiger partial charge in [0.2, 0.25) is 4.96 Å². The van der Waals surface area contributed by atoms with Gasteiger partial charge in [0.15, 0.2) is 18.2 Å². The van der Waals surface area contributed by atoms with Gasteiger partial charge in [0.05, 0.1) is 10.0 Å². The number of nitrogens with zero attached hydrogens (tertiary/aromatic N) is 4. The molecule has 0 fully saturated rings. The summed E-state index contributed by atoms with van der Waals surface area (Å²) < 4.78 is 7.30. The first kappa shape index (κ1) is 21.8. The maximum atomic E-state index is 12.5. The van der Waals surface area contributed by atoms with Crippen molar-refractivity contribution in [1.29, 1.82) is 0 Å². The lowest BCUT2D eigenvalue weighted by Gasteiger charge is -2.15. The molecular formula is C20H16Cl3N5O2S. The van der Waals surface area contributed by atoms with E-state index in [4.69, 9.17) is 39.5 Å². The lowest BCUT2D eigenvalue weighted by Crippen LogP contribution is -2.20. The summed E-state index contributed by atoms with van der Waals surface area (Å²) in [6, 6.07) is 7.35. The van der Waals surface area contributed by atoms with Crippen LogP contribution in [0.5, 0.6) is 5.75 Å². The van der Waals surface area contributed by atoms with Crippen LogP contribution in [0.2, 0.25) is 15.1 Å². The van der Waals surface area contributed by atoms with Crippen LogP contribution in [-0.4, -0.2) is 32.3 Å². The number of hydrogen-bond donors (Lipinski definition) is 1. The Balaban J connectivity index is 1.48. The summed E-state index contributed by atoms with van der Waals surface area (Å²) in [4.78, 5) is 13.2. The van der Waals surface area contributed by atoms with Gasteiger partial charge in [0, 0.05) is 16.3 Å². The van der Waals surface area contributed by atoms with E-state index in [-0.39, 0.29) is 28.3 Å². The van der Waals surface area contributed by atoms with Gasteiger partial charge in [-0.25, -0.2) is 0 Å². The Kier molecular flexibility index (Phi) is 6.07. The third-order valence-corrected chi connectivity index (χ3v) is 7.03. The van der Waals surface area contributed by atoms with Crippen LogP contribution in [-0.2, 0) is 4.79 Å². The number of fused-ring (bicyclic) bond motifs is 1. The fourth-order valence-electron chi connectivity index (χ4n) is 2.93. The molecule has 4 aromatic rings. The maximum absolute atomic E-state index is 12.5. The molecule has 7 nitrogen and oxygen atoms in total. The molecule has 0 bridgehead atoms. The number of ether oxygens (including phenoxy) is 1. The quantitative estimate of drug-likeness (QED) is 0.380. The van der Waals surface area contributed by atoms with Gasteiger partial charge in [0.25, 0.3) is 5.91 Å². The van der Waals surface area contributed by atoms with Crippen LogP contribution in [0.4, 0.5) is 5.69 Å². The summed E-state index contributed by atoms with van der Waals surface area (Å²) in [6.45, 7) is 5.10. The molecule has 1 amide bonds. The van der Waals surface area contributed by atoms with Crippen LogP contribution in [0.25, 0.3) is 15.5 Å². The molecule has 31 heavy (non-hydrogen) atoms. The van der Waals surface area contributed by atoms with E-state index < -0.39 is 0 Å². The van der Waals surface area contributed by atoms with E-state index in [1.165, 1.54) is 11.3 Å². The van der Waals surface area contributed by atoms with Crippen molar-refractivity contribution in [2.75, 3.05) is 11.9 Å². The van der Waals surface area contributed by atoms with E-state index in [0.717, 1.165) is 10.6 Å². The van der Waals surface area contributed by atoms with Crippen LogP contribution in [0.15, 0.2) is 24.3 Å². The number of aromatic nitrogens is 4. The SMILES string of the molecule is Cc1c(Cl)c(C)c(Cl)c(OCC(=O)Nc2cccc(-c3nn4c(C)nnc4s3)c2)c1Cl. The molecule has 0 saturated heterocycles. The predicted octanol–water partition coefficient (Wildman–Crippen LogP) is 5.76. The highest BCUT2D eigenvalue weighted by atomic mass is 35.5. The first-order chi connectivity index (χ1) is 14.8. The zero-order valence-electron chi connectivity index (χ0n) is 16.7. The summed E-state index contributed by atoms with van der Waals surface area (Å²) in [5.74, 6) is 0.592. The van der Waals surface area contributed by atoms with Gasteiger partial charge in [-0.15, -0.1) is 10.2 Å². The van der Waals surface area contributed by atoms with Gasteiger partial charge >= 0.3 is 0 Å². The fraction of sp³-hybridized carbons (Fsp3) is 0.200. The predicted molar refractivity (Wildman–Crippen MR) is 124 cm³/mol. The smallest absolute Gasteiger partial charge is 0.262 e. The number of carbonyl (C=O) groups excluding carboxylic acids is 1. The van der Waals surface area contributed by atoms with Crippen molar-refractivity contribution in [1.82, 2.24) is 19.8 Å². The molecule has 0 saturated carbocycles. The number of halogens is 3. The molecule has 2 heterocycles. The van der Waals surface area contributed by atoms with Crippen molar-refractivity contribution in [3.8, 4) is 16.3 Å². The molecule has 2 aromatic carbocycles. The second-order valence-electron chi connectivity index (χ2n) is 6.79. The lowest BCUT2D eigenvalue weighted by molar-refractivity contribution is -0.118. The van der Waals surface area contributed by atoms with Crippen molar-refractivity contribution < 1.29 is 9.53 Å². The van der Waals surface area contributed by atoms with Crippen LogP contribution in [0, 0.1) is 20.8 Å². The average Bonchev–Trinajstić information content (AvgIpc) is 3.33. The molecule has 1 N–H and O–H groups in total. The normalized spacial score (nSPS) is 11.2. The number of benzene rings is 2. The number of hydrogen-bond acceptors (Lipinski definition) is 6. The molecule has 4 rings (SSSR count). The van der Waals surface area contributed by atoms with E-state index in [0.29, 0.717) is 32.6 Å². The Hall–Kier alpha value is -2.39. The molecule has 0 radical (unpaired) electrons. The van der Waals surface area contributed by atoms with Gasteiger partial charge in [-0.1, -0.05) is 58.3 Å². The van der Waals surface area contributed by atoms with Crippen LogP contribution in [0.1, 0.15) is 17.0 Å². The van der Waals surface area contributed by atoms with E-state index in [2.05, 4.69) is 20.6 Å². The van der Waals surface area contributed by atoms with Crippen molar-refractivity contribution >= 4 is 62.7 Å². The number of anilines is 1. The van der Waals surface area contributed by atoms with Gasteiger partial charge in [-0.2, -0.15) is 9.61 Å². The Bertz CT molecular complexity index is 1290. The largest absolute Gasteiger partial charge is 0.481 e. The number of rotatable bonds is 5. The summed E-state index contributed by atoms with van der Waals surface area (Å²) in [5, 5.41) is 17.2. The minimum atomic E-state index is -0.358. The van der Waals surface area contributed by atoms with Crippen molar-refractivity contribution in [2.24, 2.45) is 0 Å². The summed E-state index contributed by atoms with van der Waals surface area (Å²) >= 11 is 20.2. The Labute approximate surface area is 196 Å². The van der Waals surface area contributed by atoms with E-state index in [1.807, 2.05) is 25.1 Å². The second-order valence-corrected chi connectivity index (χ2v) is 8.88. The average molecular weight is 497 g/mol. The van der Waals surface area contributed by atoms with Gasteiger partial charge in [0.1, 0.15) is 5.01 Å². The Morgan fingerprint density at radius 2 is 1.81 bits per heavy atom. The molecular weight excluding hydrogens is 481 g/mol. The van der Waals surface area contributed by atoms with Crippen molar-refractivity contribution in [2.45, 2.75) is 20.8 Å². The molecule has 0 atom stereocenters. The molecule has 0 aliphatic rings. The van der Waals surface area contributed by atoms with Crippen molar-refractivity contribution in [3.05, 3.63) is 56.3 Å². The molecule has 0 aliphatic heterocycles. The molecule has 0 spiro atoms. The summed E-state index contributed by atoms with van der Waals surface area (Å²) in [6.07, 6.45) is 0. The van der Waals surface area contributed by atoms with Crippen molar-refractivity contribution in [3.63, 3.8) is 0 Å². The van der Waals surface area contributed by atoms with Crippen LogP contribution in [0.3, 0.4) is 0 Å². The standard InChI is InChI=1S/C20H16Cl3N5O2S/c1-9-15(21)10(2)17(23)18(16(9)22)30-8-14(29)24-13-6-4-5-12(7-13)19-27-28-11(3)25-26-20(28)31-19/h4-7H,8H2,1-3H3,(H,24,29). The van der Waals surface area contributed by atoms with Crippen LogP contribution >= 0.6 is 46.1 Å². The lowest BCUT2D eigenvalue weighted by atomic mass is 10.1. The van der Waals surface area contributed by atoms with E-state index in [9.17, 15) is 4.79 Å². The minimum absolute atomic E-state index is 0.238. The van der Waals surface area contributed by atoms with Gasteiger partial charge in [-0.3, -0.25) is 4.79 Å². The second kappa shape index (κ2) is 8.63. The first-order valence-electron chi connectivity index (χ1n) is 9.12. The molecule has 160 valence electrons. The number of carbonyl (C=O) groups is 1. The zero-order chi connectivity index (χ0) is 22.3. The highest BCUT2D eigenvalue weighted by molar-refractivity contribution is 7.19. The third-order valence-electron chi connectivity index (χ3n) is 4.60. The Morgan fingerprint density at radius 3 is 2.48 bits per heavy atom. The fourth-order valence-corrected chi connectivity index (χ4v) is 4.64. The molecule has 11 heteroatoms. The third kappa shape index (κ3) is 4.21. The molecule has 0 aliphatic carbocycles. The van der Waals surface area contributed by atoms with E-state index >= 15 is 0 Å². The highest BCUT2D eigenvalue weighted by Gasteiger charge is 2.19. The minimum Gasteiger partial charge on any atom is -0.481 e. The zero-order valence-corrected chi connectivity index (χ0v) is 19.7. The monoisotopic (exact) mass is 495 g/mol. The first-order valence-corrected chi connectivity index (χ1v) is 11.1. The topological polar surface area (TPSA) is 81.4 Å². The van der Waals surface area contributed by atoms with Crippen LogP contribution < -0.4 is 10.1 Å². The summed E-state index contributed by atoms with van der Waals surface area (Å²) in [5.41, 5.74) is 2.75. The Morgan fingerprint density at radius 1 is 1.10 bits per heavy atom. The van der Waals surface area contributed by atoms with E-state index in [1.54, 1.807) is 24.4 Å². The number of aryl methyl sites for hydroxylation is 1. The number of nitrogens with one attached hydrogen (secondary N) is 1. The molecule has 0 unspecified atom stereocenters. The van der Waals surface area contributed by atoms with Gasteiger partial charge in [-0.05, 0) is 44.0 Å². The molecule has 2 aromatic heterocycles. The highest BCUT2D eigenvalue weighted by Crippen LogP contribution is 2.42.